The van der Waals surface area contributed by atoms with Gasteiger partial charge in [0.25, 0.3) is 0 Å². The first-order chi connectivity index (χ1) is 7.06. The lowest BCUT2D eigenvalue weighted by atomic mass is 10.3. The number of rotatable bonds is 4. The van der Waals surface area contributed by atoms with Crippen LogP contribution in [0.2, 0.25) is 0 Å². The van der Waals surface area contributed by atoms with E-state index in [1.54, 1.807) is 0 Å². The van der Waals surface area contributed by atoms with Gasteiger partial charge in [-0.1, -0.05) is 0 Å². The molecule has 0 heterocycles. The summed E-state index contributed by atoms with van der Waals surface area (Å²) in [7, 11) is -2.62. The molecule has 1 N–H and O–H groups in total. The molecule has 0 unspecified atom stereocenters. The summed E-state index contributed by atoms with van der Waals surface area (Å²) in [5.74, 6) is 0.477. The Bertz CT molecular complexity index is 400. The van der Waals surface area contributed by atoms with Crippen LogP contribution in [0.3, 0.4) is 0 Å². The van der Waals surface area contributed by atoms with Crippen LogP contribution in [0, 0.1) is 0 Å². The lowest BCUT2D eigenvalue weighted by Crippen LogP contribution is -2.03. The van der Waals surface area contributed by atoms with Crippen molar-refractivity contribution < 1.29 is 18.3 Å². The van der Waals surface area contributed by atoms with Gasteiger partial charge in [-0.3, -0.25) is 0 Å². The van der Waals surface area contributed by atoms with Crippen molar-refractivity contribution in [3.63, 3.8) is 0 Å². The maximum atomic E-state index is 10.7. The first kappa shape index (κ1) is 13.0. The molecule has 0 fully saturated rings. The summed E-state index contributed by atoms with van der Waals surface area (Å²) in [4.78, 5) is 0.195. The van der Waals surface area contributed by atoms with E-state index in [2.05, 4.69) is 31.9 Å². The standard InChI is InChI=1S/C8H8Br2O4S/c9-6-3-5(15(12)13)4-7(10)8(6)14-2-1-11/h3-4,11,15H,1-2H2. The molecule has 4 nitrogen and oxygen atoms in total. The Hall–Kier alpha value is -0.110. The van der Waals surface area contributed by atoms with Crippen LogP contribution in [0.5, 0.6) is 5.75 Å². The van der Waals surface area contributed by atoms with E-state index in [0.717, 1.165) is 0 Å². The molecule has 84 valence electrons. The SMILES string of the molecule is O=[SH](=O)c1cc(Br)c(OCCO)c(Br)c1. The Labute approximate surface area is 105 Å². The summed E-state index contributed by atoms with van der Waals surface area (Å²) < 4.78 is 27.8. The van der Waals surface area contributed by atoms with E-state index >= 15 is 0 Å². The molecular weight excluding hydrogens is 352 g/mol. The van der Waals surface area contributed by atoms with Gasteiger partial charge in [-0.05, 0) is 44.0 Å². The van der Waals surface area contributed by atoms with E-state index in [-0.39, 0.29) is 18.1 Å². The van der Waals surface area contributed by atoms with Crippen LogP contribution in [-0.4, -0.2) is 26.7 Å². The van der Waals surface area contributed by atoms with Gasteiger partial charge < -0.3 is 9.84 Å². The van der Waals surface area contributed by atoms with E-state index in [0.29, 0.717) is 14.7 Å². The second-order valence-electron chi connectivity index (χ2n) is 2.57. The van der Waals surface area contributed by atoms with E-state index in [1.165, 1.54) is 12.1 Å². The molecule has 0 atom stereocenters. The molecule has 0 saturated carbocycles. The van der Waals surface area contributed by atoms with Gasteiger partial charge in [-0.25, -0.2) is 8.42 Å². The smallest absolute Gasteiger partial charge is 0.168 e. The van der Waals surface area contributed by atoms with Gasteiger partial charge in [0.15, 0.2) is 10.7 Å². The second-order valence-corrected chi connectivity index (χ2v) is 5.31. The minimum atomic E-state index is -2.62. The predicted molar refractivity (Wildman–Crippen MR) is 63.0 cm³/mol. The Balaban J connectivity index is 3.09. The normalized spacial score (nSPS) is 10.7. The molecule has 0 bridgehead atoms. The highest BCUT2D eigenvalue weighted by atomic mass is 79.9. The fourth-order valence-corrected chi connectivity index (χ4v) is 3.18. The molecule has 1 rings (SSSR count). The van der Waals surface area contributed by atoms with Crippen LogP contribution in [0.25, 0.3) is 0 Å². The monoisotopic (exact) mass is 358 g/mol. The Morgan fingerprint density at radius 3 is 2.20 bits per heavy atom. The number of hydrogen-bond acceptors (Lipinski definition) is 4. The molecule has 0 aliphatic carbocycles. The van der Waals surface area contributed by atoms with Crippen LogP contribution in [0.1, 0.15) is 0 Å². The largest absolute Gasteiger partial charge is 0.489 e. The highest BCUT2D eigenvalue weighted by molar-refractivity contribution is 9.11. The van der Waals surface area contributed by atoms with Crippen molar-refractivity contribution >= 4 is 42.6 Å². The number of thiol groups is 1. The van der Waals surface area contributed by atoms with Crippen molar-refractivity contribution in [1.82, 2.24) is 0 Å². The highest BCUT2D eigenvalue weighted by Gasteiger charge is 2.09. The predicted octanol–water partition coefficient (Wildman–Crippen LogP) is 1.55. The average Bonchev–Trinajstić information content (AvgIpc) is 2.16. The molecule has 7 heteroatoms. The molecule has 0 aliphatic heterocycles. The molecular formula is C8H8Br2O4S. The van der Waals surface area contributed by atoms with Crippen LogP contribution in [-0.2, 0) is 10.7 Å². The van der Waals surface area contributed by atoms with Crippen molar-refractivity contribution in [2.24, 2.45) is 0 Å². The fourth-order valence-electron chi connectivity index (χ4n) is 0.938. The molecule has 0 spiro atoms. The topological polar surface area (TPSA) is 63.6 Å². The zero-order valence-electron chi connectivity index (χ0n) is 7.44. The first-order valence-electron chi connectivity index (χ1n) is 3.93. The van der Waals surface area contributed by atoms with Gasteiger partial charge in [0.05, 0.1) is 20.4 Å². The number of aliphatic hydroxyl groups is 1. The van der Waals surface area contributed by atoms with Gasteiger partial charge in [0.1, 0.15) is 12.4 Å². The van der Waals surface area contributed by atoms with Crippen molar-refractivity contribution in [3.8, 4) is 5.75 Å². The summed E-state index contributed by atoms with van der Waals surface area (Å²) in [6.07, 6.45) is 0. The van der Waals surface area contributed by atoms with E-state index in [1.807, 2.05) is 0 Å². The molecule has 1 aromatic carbocycles. The number of benzene rings is 1. The quantitative estimate of drug-likeness (QED) is 0.801. The lowest BCUT2D eigenvalue weighted by Gasteiger charge is -2.09. The molecule has 0 aromatic heterocycles. The number of aliphatic hydroxyl groups excluding tert-OH is 1. The lowest BCUT2D eigenvalue weighted by molar-refractivity contribution is 0.200. The second kappa shape index (κ2) is 5.83. The number of ether oxygens (including phenoxy) is 1. The number of halogens is 2. The third-order valence-electron chi connectivity index (χ3n) is 1.53. The van der Waals surface area contributed by atoms with Crippen LogP contribution in [0.15, 0.2) is 26.0 Å². The Morgan fingerprint density at radius 1 is 1.27 bits per heavy atom. The van der Waals surface area contributed by atoms with E-state index in [9.17, 15) is 8.42 Å². The molecule has 0 radical (unpaired) electrons. The third-order valence-corrected chi connectivity index (χ3v) is 3.39. The average molecular weight is 360 g/mol. The van der Waals surface area contributed by atoms with Gasteiger partial charge in [-0.2, -0.15) is 0 Å². The maximum absolute atomic E-state index is 10.7. The Kier molecular flexibility index (Phi) is 5.04. The van der Waals surface area contributed by atoms with Gasteiger partial charge >= 0.3 is 0 Å². The minimum absolute atomic E-state index is 0.101. The highest BCUT2D eigenvalue weighted by Crippen LogP contribution is 2.35. The van der Waals surface area contributed by atoms with Crippen molar-refractivity contribution in [2.75, 3.05) is 13.2 Å². The van der Waals surface area contributed by atoms with Crippen molar-refractivity contribution in [3.05, 3.63) is 21.1 Å². The molecule has 1 aromatic rings. The molecule has 15 heavy (non-hydrogen) atoms. The zero-order valence-corrected chi connectivity index (χ0v) is 11.5. The summed E-state index contributed by atoms with van der Waals surface area (Å²) in [6.45, 7) is 0.0521. The molecule has 0 aliphatic rings. The summed E-state index contributed by atoms with van der Waals surface area (Å²) in [6, 6.07) is 2.90. The summed E-state index contributed by atoms with van der Waals surface area (Å²) >= 11 is 6.38. The fraction of sp³-hybridized carbons (Fsp3) is 0.250. The third kappa shape index (κ3) is 3.44. The molecule has 0 amide bonds. The van der Waals surface area contributed by atoms with Crippen LogP contribution < -0.4 is 4.74 Å². The zero-order chi connectivity index (χ0) is 11.4. The summed E-state index contributed by atoms with van der Waals surface area (Å²) in [5.41, 5.74) is 0. The number of hydrogen-bond donors (Lipinski definition) is 2. The minimum Gasteiger partial charge on any atom is -0.489 e. The van der Waals surface area contributed by atoms with Crippen molar-refractivity contribution in [1.29, 1.82) is 0 Å². The van der Waals surface area contributed by atoms with Gasteiger partial charge in [-0.15, -0.1) is 0 Å². The van der Waals surface area contributed by atoms with Crippen molar-refractivity contribution in [2.45, 2.75) is 4.90 Å². The summed E-state index contributed by atoms with van der Waals surface area (Å²) in [5, 5.41) is 8.60. The van der Waals surface area contributed by atoms with E-state index < -0.39 is 10.7 Å². The van der Waals surface area contributed by atoms with Crippen LogP contribution >= 0.6 is 31.9 Å². The van der Waals surface area contributed by atoms with E-state index in [4.69, 9.17) is 9.84 Å². The maximum Gasteiger partial charge on any atom is 0.168 e. The van der Waals surface area contributed by atoms with Crippen LogP contribution in [0.4, 0.5) is 0 Å². The van der Waals surface area contributed by atoms with Gasteiger partial charge in [0.2, 0.25) is 0 Å². The van der Waals surface area contributed by atoms with Gasteiger partial charge in [0, 0.05) is 0 Å². The first-order valence-corrected chi connectivity index (χ1v) is 6.69. The Morgan fingerprint density at radius 2 is 1.80 bits per heavy atom. The molecule has 0 saturated heterocycles.